The van der Waals surface area contributed by atoms with Gasteiger partial charge < -0.3 is 10.2 Å². The number of hydrogen-bond donors (Lipinski definition) is 2. The second kappa shape index (κ2) is 6.47. The van der Waals surface area contributed by atoms with Crippen LogP contribution in [0.4, 0.5) is 0 Å². The Bertz CT molecular complexity index is 685. The van der Waals surface area contributed by atoms with Crippen molar-refractivity contribution in [2.75, 3.05) is 0 Å². The molecule has 0 bridgehead atoms. The number of aliphatic carboxylic acids is 1. The topological polar surface area (TPSA) is 57.5 Å². The SMILES string of the molecule is CC[C@@]1(C)C2CCC3C(C)(C)[C@@H](O)CC[C@@]34C[C@@]24CC[C@]1(C)C(C)CCC(=O)O. The Balaban J connectivity index is 1.66. The Morgan fingerprint density at radius 3 is 2.24 bits per heavy atom. The summed E-state index contributed by atoms with van der Waals surface area (Å²) in [5.41, 5.74) is 1.50. The highest BCUT2D eigenvalue weighted by molar-refractivity contribution is 5.66. The van der Waals surface area contributed by atoms with Crippen LogP contribution < -0.4 is 0 Å². The van der Waals surface area contributed by atoms with Crippen LogP contribution in [0.5, 0.6) is 0 Å². The van der Waals surface area contributed by atoms with Gasteiger partial charge in [0.15, 0.2) is 0 Å². The lowest BCUT2D eigenvalue weighted by Crippen LogP contribution is -2.59. The second-order valence-corrected chi connectivity index (χ2v) is 12.6. The Morgan fingerprint density at radius 1 is 1.00 bits per heavy atom. The maximum Gasteiger partial charge on any atom is 0.303 e. The number of aliphatic hydroxyl groups excluding tert-OH is 1. The summed E-state index contributed by atoms with van der Waals surface area (Å²) in [6.07, 6.45) is 10.9. The number of carbonyl (C=O) groups is 1. The van der Waals surface area contributed by atoms with Crippen molar-refractivity contribution in [3.8, 4) is 0 Å². The summed E-state index contributed by atoms with van der Waals surface area (Å²) in [6, 6.07) is 0. The van der Waals surface area contributed by atoms with E-state index < -0.39 is 5.97 Å². The normalized spacial score (nSPS) is 51.3. The van der Waals surface area contributed by atoms with Crippen LogP contribution in [0.3, 0.4) is 0 Å². The van der Waals surface area contributed by atoms with Gasteiger partial charge in [0.1, 0.15) is 0 Å². The highest BCUT2D eigenvalue weighted by atomic mass is 16.4. The van der Waals surface area contributed by atoms with Crippen molar-refractivity contribution in [3.63, 3.8) is 0 Å². The molecule has 0 saturated heterocycles. The zero-order valence-corrected chi connectivity index (χ0v) is 19.7. The zero-order valence-electron chi connectivity index (χ0n) is 19.7. The molecule has 3 unspecified atom stereocenters. The lowest BCUT2D eigenvalue weighted by molar-refractivity contribution is -0.176. The van der Waals surface area contributed by atoms with Crippen LogP contribution in [0.1, 0.15) is 106 Å². The van der Waals surface area contributed by atoms with Crippen molar-refractivity contribution in [1.82, 2.24) is 0 Å². The first-order valence-electron chi connectivity index (χ1n) is 12.3. The third kappa shape index (κ3) is 2.55. The molecule has 0 amide bonds. The van der Waals surface area contributed by atoms with E-state index in [-0.39, 0.29) is 22.3 Å². The molecule has 2 N–H and O–H groups in total. The molecule has 4 saturated carbocycles. The quantitative estimate of drug-likeness (QED) is 0.566. The molecule has 0 aromatic rings. The number of hydrogen-bond acceptors (Lipinski definition) is 2. The van der Waals surface area contributed by atoms with Crippen molar-refractivity contribution >= 4 is 5.97 Å². The number of carboxylic acid groups (broad SMARTS) is 1. The van der Waals surface area contributed by atoms with Crippen LogP contribution in [0, 0.1) is 44.8 Å². The Kier molecular flexibility index (Phi) is 4.83. The Morgan fingerprint density at radius 2 is 1.62 bits per heavy atom. The summed E-state index contributed by atoms with van der Waals surface area (Å²) in [5.74, 6) is 1.21. The fraction of sp³-hybridized carbons (Fsp3) is 0.962. The minimum Gasteiger partial charge on any atom is -0.481 e. The first-order chi connectivity index (χ1) is 13.4. The third-order valence-electron chi connectivity index (χ3n) is 12.0. The lowest BCUT2D eigenvalue weighted by atomic mass is 9.40. The summed E-state index contributed by atoms with van der Waals surface area (Å²) in [6.45, 7) is 14.4. The minimum absolute atomic E-state index is 0.0465. The molecule has 166 valence electrons. The van der Waals surface area contributed by atoms with E-state index in [4.69, 9.17) is 0 Å². The predicted molar refractivity (Wildman–Crippen MR) is 116 cm³/mol. The molecule has 29 heavy (non-hydrogen) atoms. The van der Waals surface area contributed by atoms with Gasteiger partial charge >= 0.3 is 5.97 Å². The summed E-state index contributed by atoms with van der Waals surface area (Å²) >= 11 is 0. The number of carboxylic acids is 1. The van der Waals surface area contributed by atoms with E-state index >= 15 is 0 Å². The average molecular weight is 405 g/mol. The summed E-state index contributed by atoms with van der Waals surface area (Å²) in [7, 11) is 0. The van der Waals surface area contributed by atoms with E-state index in [9.17, 15) is 15.0 Å². The van der Waals surface area contributed by atoms with Crippen LogP contribution in [-0.2, 0) is 4.79 Å². The van der Waals surface area contributed by atoms with Gasteiger partial charge in [0.2, 0.25) is 0 Å². The van der Waals surface area contributed by atoms with Gasteiger partial charge in [-0.25, -0.2) is 0 Å². The molecule has 0 aliphatic heterocycles. The van der Waals surface area contributed by atoms with Gasteiger partial charge in [-0.05, 0) is 103 Å². The number of rotatable bonds is 5. The van der Waals surface area contributed by atoms with Crippen molar-refractivity contribution < 1.29 is 15.0 Å². The Labute approximate surface area is 178 Å². The molecule has 0 aromatic heterocycles. The fourth-order valence-corrected chi connectivity index (χ4v) is 9.66. The second-order valence-electron chi connectivity index (χ2n) is 12.6. The van der Waals surface area contributed by atoms with E-state index in [2.05, 4.69) is 41.5 Å². The zero-order chi connectivity index (χ0) is 21.5. The molecular weight excluding hydrogens is 360 g/mol. The van der Waals surface area contributed by atoms with E-state index in [0.717, 1.165) is 18.8 Å². The molecule has 3 nitrogen and oxygen atoms in total. The lowest BCUT2D eigenvalue weighted by Gasteiger charge is -2.65. The largest absolute Gasteiger partial charge is 0.481 e. The van der Waals surface area contributed by atoms with Crippen LogP contribution in [-0.4, -0.2) is 22.3 Å². The average Bonchev–Trinajstić information content (AvgIpc) is 3.34. The monoisotopic (exact) mass is 404 g/mol. The maximum absolute atomic E-state index is 11.2. The molecule has 4 fully saturated rings. The van der Waals surface area contributed by atoms with Crippen molar-refractivity contribution in [3.05, 3.63) is 0 Å². The van der Waals surface area contributed by atoms with Gasteiger partial charge in [-0.15, -0.1) is 0 Å². The van der Waals surface area contributed by atoms with E-state index in [1.54, 1.807) is 0 Å². The summed E-state index contributed by atoms with van der Waals surface area (Å²) in [5, 5.41) is 20.0. The van der Waals surface area contributed by atoms with Gasteiger partial charge in [0, 0.05) is 6.42 Å². The standard InChI is InChI=1S/C26H44O3/c1-7-23(5)19-10-9-18-22(3,4)20(27)12-13-25(18)16-26(19,25)15-14-24(23,6)17(2)8-11-21(28)29/h17-20,27H,7-16H2,1-6H3,(H,28,29)/t17?,18?,19?,20-,23-,24+,25+,26-/m0/s1. The first kappa shape index (κ1) is 21.7. The highest BCUT2D eigenvalue weighted by Gasteiger charge is 2.81. The van der Waals surface area contributed by atoms with Crippen LogP contribution in [0.15, 0.2) is 0 Å². The molecule has 2 spiro atoms. The van der Waals surface area contributed by atoms with Crippen molar-refractivity contribution in [1.29, 1.82) is 0 Å². The first-order valence-corrected chi connectivity index (χ1v) is 12.3. The number of aliphatic hydroxyl groups is 1. The smallest absolute Gasteiger partial charge is 0.303 e. The molecule has 0 heterocycles. The van der Waals surface area contributed by atoms with Crippen LogP contribution in [0.2, 0.25) is 0 Å². The van der Waals surface area contributed by atoms with Gasteiger partial charge in [-0.3, -0.25) is 4.79 Å². The predicted octanol–water partition coefficient (Wildman–Crippen LogP) is 6.29. The highest BCUT2D eigenvalue weighted by Crippen LogP contribution is 2.87. The van der Waals surface area contributed by atoms with Crippen LogP contribution in [0.25, 0.3) is 0 Å². The van der Waals surface area contributed by atoms with Crippen LogP contribution >= 0.6 is 0 Å². The molecule has 8 atom stereocenters. The molecule has 4 rings (SSSR count). The van der Waals surface area contributed by atoms with E-state index in [1.165, 1.54) is 44.9 Å². The Hall–Kier alpha value is -0.570. The maximum atomic E-state index is 11.2. The van der Waals surface area contributed by atoms with Crippen molar-refractivity contribution in [2.45, 2.75) is 112 Å². The molecule has 0 aromatic carbocycles. The molecular formula is C26H44O3. The molecule has 3 heteroatoms. The molecule has 0 radical (unpaired) electrons. The summed E-state index contributed by atoms with van der Waals surface area (Å²) < 4.78 is 0. The van der Waals surface area contributed by atoms with Crippen molar-refractivity contribution in [2.24, 2.45) is 44.8 Å². The van der Waals surface area contributed by atoms with E-state index in [1.807, 2.05) is 0 Å². The van der Waals surface area contributed by atoms with Gasteiger partial charge in [0.05, 0.1) is 6.10 Å². The minimum atomic E-state index is -0.657. The molecule has 4 aliphatic rings. The van der Waals surface area contributed by atoms with Gasteiger partial charge in [-0.2, -0.15) is 0 Å². The summed E-state index contributed by atoms with van der Waals surface area (Å²) in [4.78, 5) is 11.2. The third-order valence-corrected chi connectivity index (χ3v) is 12.0. The molecule has 4 aliphatic carbocycles. The van der Waals surface area contributed by atoms with Gasteiger partial charge in [0.25, 0.3) is 0 Å². The van der Waals surface area contributed by atoms with E-state index in [0.29, 0.717) is 29.1 Å². The fourth-order valence-electron chi connectivity index (χ4n) is 9.66. The van der Waals surface area contributed by atoms with Gasteiger partial charge in [-0.1, -0.05) is 41.5 Å².